The van der Waals surface area contributed by atoms with Crippen molar-refractivity contribution in [3.8, 4) is 0 Å². The van der Waals surface area contributed by atoms with Crippen molar-refractivity contribution >= 4 is 18.3 Å². The van der Waals surface area contributed by atoms with Crippen LogP contribution in [0.5, 0.6) is 0 Å². The van der Waals surface area contributed by atoms with Crippen molar-refractivity contribution in [1.29, 1.82) is 0 Å². The van der Waals surface area contributed by atoms with Gasteiger partial charge in [0, 0.05) is 19.6 Å². The third-order valence-electron chi connectivity index (χ3n) is 12.8. The summed E-state index contributed by atoms with van der Waals surface area (Å²) in [5.74, 6) is 0. The lowest BCUT2D eigenvalue weighted by Gasteiger charge is -2.16. The Bertz CT molecular complexity index is 946. The van der Waals surface area contributed by atoms with Crippen LogP contribution in [0, 0.1) is 5.41 Å². The minimum absolute atomic E-state index is 0.0150. The number of carbonyl (C=O) groups excluding carboxylic acids is 3. The van der Waals surface area contributed by atoms with Gasteiger partial charge in [0.15, 0.2) is 12.2 Å². The number of rotatable bonds is 44. The summed E-state index contributed by atoms with van der Waals surface area (Å²) in [5.41, 5.74) is -0.770. The van der Waals surface area contributed by atoms with Gasteiger partial charge in [0.2, 0.25) is 0 Å². The number of amides is 3. The first kappa shape index (κ1) is 55.8. The number of unbranched alkanes of at least 4 members (excludes halogenated alkanes) is 33. The Morgan fingerprint density at radius 2 is 0.583 bits per heavy atom. The monoisotopic (exact) mass is 850 g/mol. The summed E-state index contributed by atoms with van der Waals surface area (Å²) >= 11 is 0. The number of ether oxygens (including phenoxy) is 3. The minimum Gasteiger partial charge on any atom is -0.449 e. The molecule has 0 aromatic heterocycles. The van der Waals surface area contributed by atoms with E-state index in [1.165, 1.54) is 193 Å². The van der Waals surface area contributed by atoms with Gasteiger partial charge in [-0.15, -0.1) is 0 Å². The number of carbonyl (C=O) groups is 3. The Morgan fingerprint density at radius 1 is 0.350 bits per heavy atom. The van der Waals surface area contributed by atoms with Gasteiger partial charge in [0.1, 0.15) is 6.61 Å². The zero-order valence-electron chi connectivity index (χ0n) is 40.1. The third-order valence-corrected chi connectivity index (χ3v) is 12.8. The highest BCUT2D eigenvalue weighted by molar-refractivity contribution is 5.70. The molecule has 0 aromatic carbocycles. The Labute approximate surface area is 370 Å². The Morgan fingerprint density at radius 3 is 0.833 bits per heavy atom. The summed E-state index contributed by atoms with van der Waals surface area (Å²) in [6, 6.07) is 0. The van der Waals surface area contributed by atoms with E-state index in [0.717, 1.165) is 38.5 Å². The predicted molar refractivity (Wildman–Crippen MR) is 252 cm³/mol. The molecule has 0 spiro atoms. The fourth-order valence-corrected chi connectivity index (χ4v) is 8.48. The highest BCUT2D eigenvalue weighted by Gasteiger charge is 2.70. The first-order valence-electron chi connectivity index (χ1n) is 26.2. The number of nitrogens with one attached hydrogen (secondary N) is 3. The van der Waals surface area contributed by atoms with E-state index in [-0.39, 0.29) is 6.61 Å². The third kappa shape index (κ3) is 30.8. The van der Waals surface area contributed by atoms with Crippen LogP contribution in [0.25, 0.3) is 0 Å². The summed E-state index contributed by atoms with van der Waals surface area (Å²) in [6.07, 6.45) is 43.1. The van der Waals surface area contributed by atoms with Gasteiger partial charge in [-0.2, -0.15) is 0 Å². The maximum absolute atomic E-state index is 12.9. The van der Waals surface area contributed by atoms with Crippen molar-refractivity contribution in [3.63, 3.8) is 0 Å². The van der Waals surface area contributed by atoms with Gasteiger partial charge in [-0.1, -0.05) is 240 Å². The molecule has 354 valence electrons. The van der Waals surface area contributed by atoms with Crippen LogP contribution in [-0.2, 0) is 14.2 Å². The van der Waals surface area contributed by atoms with E-state index in [1.807, 2.05) is 6.92 Å². The Kier molecular flexibility index (Phi) is 38.0. The van der Waals surface area contributed by atoms with E-state index >= 15 is 0 Å². The molecule has 1 fully saturated rings. The maximum Gasteiger partial charge on any atom is 0.407 e. The average molecular weight is 850 g/mol. The quantitative estimate of drug-likeness (QED) is 0.0415. The molecule has 9 heteroatoms. The minimum atomic E-state index is -0.770. The molecule has 3 amide bonds. The van der Waals surface area contributed by atoms with E-state index in [9.17, 15) is 14.4 Å². The van der Waals surface area contributed by atoms with Gasteiger partial charge in [0.05, 0.1) is 5.41 Å². The first-order valence-corrected chi connectivity index (χ1v) is 26.2. The van der Waals surface area contributed by atoms with Gasteiger partial charge in [-0.25, -0.2) is 14.4 Å². The molecule has 2 unspecified atom stereocenters. The standard InChI is InChI=1S/C51H99N3O6/c1-5-9-12-15-18-21-24-27-30-33-36-39-42-52-48(55)58-45-51(8-4)46(59-49(56)53-43-40-37-34-31-28-25-22-19-16-13-10-6-2)47(51)60-50(57)54-44-41-38-35-32-29-26-23-20-17-14-11-7-3/h46-47H,5-45H2,1-4H3,(H,52,55)(H,53,56)(H,54,57). The van der Waals surface area contributed by atoms with Gasteiger partial charge >= 0.3 is 18.3 Å². The highest BCUT2D eigenvalue weighted by atomic mass is 16.6. The van der Waals surface area contributed by atoms with E-state index < -0.39 is 35.9 Å². The molecule has 60 heavy (non-hydrogen) atoms. The summed E-state index contributed by atoms with van der Waals surface area (Å²) < 4.78 is 17.4. The van der Waals surface area contributed by atoms with Crippen LogP contribution in [0.2, 0.25) is 0 Å². The van der Waals surface area contributed by atoms with Gasteiger partial charge in [-0.3, -0.25) is 0 Å². The molecular formula is C51H99N3O6. The zero-order valence-corrected chi connectivity index (χ0v) is 40.1. The van der Waals surface area contributed by atoms with Crippen LogP contribution >= 0.6 is 0 Å². The van der Waals surface area contributed by atoms with Crippen LogP contribution in [0.15, 0.2) is 0 Å². The van der Waals surface area contributed by atoms with Crippen LogP contribution in [0.4, 0.5) is 14.4 Å². The molecule has 9 nitrogen and oxygen atoms in total. The fourth-order valence-electron chi connectivity index (χ4n) is 8.48. The Hall–Kier alpha value is -2.19. The summed E-state index contributed by atoms with van der Waals surface area (Å²) in [4.78, 5) is 38.6. The van der Waals surface area contributed by atoms with Crippen molar-refractivity contribution in [2.24, 2.45) is 5.41 Å². The van der Waals surface area contributed by atoms with E-state index in [4.69, 9.17) is 14.2 Å². The van der Waals surface area contributed by atoms with Crippen molar-refractivity contribution in [1.82, 2.24) is 16.0 Å². The normalized spacial score (nSPS) is 17.0. The lowest BCUT2D eigenvalue weighted by molar-refractivity contribution is 0.0795. The predicted octanol–water partition coefficient (Wildman–Crippen LogP) is 15.4. The van der Waals surface area contributed by atoms with Crippen molar-refractivity contribution in [2.45, 2.75) is 277 Å². The molecule has 0 aromatic rings. The summed E-state index contributed by atoms with van der Waals surface area (Å²) in [6.45, 7) is 10.4. The van der Waals surface area contributed by atoms with E-state index in [0.29, 0.717) is 26.1 Å². The largest absolute Gasteiger partial charge is 0.449 e. The van der Waals surface area contributed by atoms with Crippen molar-refractivity contribution in [3.05, 3.63) is 0 Å². The van der Waals surface area contributed by atoms with Crippen LogP contribution in [0.1, 0.15) is 265 Å². The summed E-state index contributed by atoms with van der Waals surface area (Å²) in [5, 5.41) is 8.69. The zero-order chi connectivity index (χ0) is 43.6. The van der Waals surface area contributed by atoms with E-state index in [2.05, 4.69) is 36.7 Å². The highest BCUT2D eigenvalue weighted by Crippen LogP contribution is 2.54. The lowest BCUT2D eigenvalue weighted by atomic mass is 10.0. The van der Waals surface area contributed by atoms with Crippen molar-refractivity contribution < 1.29 is 28.6 Å². The van der Waals surface area contributed by atoms with Crippen LogP contribution in [0.3, 0.4) is 0 Å². The number of alkyl carbamates (subject to hydrolysis) is 3. The molecule has 0 heterocycles. The average Bonchev–Trinajstić information content (AvgIpc) is 3.84. The topological polar surface area (TPSA) is 115 Å². The molecule has 0 aliphatic heterocycles. The molecular weight excluding hydrogens is 751 g/mol. The fraction of sp³-hybridized carbons (Fsp3) is 0.941. The molecule has 1 aliphatic rings. The molecule has 0 radical (unpaired) electrons. The van der Waals surface area contributed by atoms with Gasteiger partial charge in [-0.05, 0) is 25.7 Å². The lowest BCUT2D eigenvalue weighted by Crippen LogP contribution is -2.31. The molecule has 0 bridgehead atoms. The van der Waals surface area contributed by atoms with Gasteiger partial charge in [0.25, 0.3) is 0 Å². The van der Waals surface area contributed by atoms with Gasteiger partial charge < -0.3 is 30.2 Å². The molecule has 2 atom stereocenters. The Balaban J connectivity index is 2.41. The second-order valence-corrected chi connectivity index (χ2v) is 18.3. The maximum atomic E-state index is 12.9. The first-order chi connectivity index (χ1) is 29.4. The SMILES string of the molecule is CCCCCCCCCCCCCCNC(=O)OCC1(CC)C(OC(=O)NCCCCCCCCCCCCCC)C1OC(=O)NCCCCCCCCCCCCCC. The molecule has 3 N–H and O–H groups in total. The number of hydrogen-bond acceptors (Lipinski definition) is 6. The molecule has 0 saturated heterocycles. The number of hydrogen-bond donors (Lipinski definition) is 3. The second kappa shape index (κ2) is 40.9. The van der Waals surface area contributed by atoms with E-state index in [1.54, 1.807) is 0 Å². The van der Waals surface area contributed by atoms with Crippen LogP contribution < -0.4 is 16.0 Å². The molecule has 1 rings (SSSR count). The smallest absolute Gasteiger partial charge is 0.407 e. The molecule has 1 saturated carbocycles. The van der Waals surface area contributed by atoms with Crippen LogP contribution in [-0.4, -0.2) is 56.7 Å². The second-order valence-electron chi connectivity index (χ2n) is 18.3. The molecule has 1 aliphatic carbocycles. The summed E-state index contributed by atoms with van der Waals surface area (Å²) in [7, 11) is 0. The van der Waals surface area contributed by atoms with Crippen molar-refractivity contribution in [2.75, 3.05) is 26.2 Å².